The molecular formula is C36H54. The summed E-state index contributed by atoms with van der Waals surface area (Å²) in [5.74, 6) is 3.57. The summed E-state index contributed by atoms with van der Waals surface area (Å²) in [5, 5.41) is 0. The average Bonchev–Trinajstić information content (AvgIpc) is 2.95. The Morgan fingerprint density at radius 1 is 0.444 bits per heavy atom. The van der Waals surface area contributed by atoms with Gasteiger partial charge in [-0.15, -0.1) is 0 Å². The van der Waals surface area contributed by atoms with Crippen LogP contribution >= 0.6 is 0 Å². The lowest BCUT2D eigenvalue weighted by Crippen LogP contribution is -2.13. The maximum Gasteiger partial charge on any atom is -0.0162 e. The largest absolute Gasteiger partial charge is 0.0654 e. The lowest BCUT2D eigenvalue weighted by Gasteiger charge is -2.29. The molecule has 2 fully saturated rings. The van der Waals surface area contributed by atoms with Gasteiger partial charge in [-0.3, -0.25) is 0 Å². The SMILES string of the molecule is CCCCCCCC[C@H]1CC[C@H](c2ccc(-c3ccc([C@H]4CC[C@H](CCCC)CC4)cc3)cc2)CC1. The Kier molecular flexibility index (Phi) is 11.4. The fourth-order valence-electron chi connectivity index (χ4n) is 7.17. The summed E-state index contributed by atoms with van der Waals surface area (Å²) < 4.78 is 0. The van der Waals surface area contributed by atoms with E-state index in [2.05, 4.69) is 62.4 Å². The van der Waals surface area contributed by atoms with Gasteiger partial charge in [0.15, 0.2) is 0 Å². The van der Waals surface area contributed by atoms with Crippen LogP contribution in [-0.2, 0) is 0 Å². The first kappa shape index (κ1) is 27.5. The number of rotatable bonds is 13. The molecule has 36 heavy (non-hydrogen) atoms. The highest BCUT2D eigenvalue weighted by Gasteiger charge is 2.23. The topological polar surface area (TPSA) is 0 Å². The maximum absolute atomic E-state index is 2.43. The zero-order valence-corrected chi connectivity index (χ0v) is 23.7. The van der Waals surface area contributed by atoms with Crippen LogP contribution in [0.25, 0.3) is 11.1 Å². The molecule has 0 amide bonds. The Hall–Kier alpha value is -1.56. The second kappa shape index (κ2) is 15.0. The first-order valence-electron chi connectivity index (χ1n) is 16.0. The van der Waals surface area contributed by atoms with Gasteiger partial charge < -0.3 is 0 Å². The average molecular weight is 487 g/mol. The van der Waals surface area contributed by atoms with E-state index in [9.17, 15) is 0 Å². The number of unbranched alkanes of at least 4 members (excludes halogenated alkanes) is 6. The van der Waals surface area contributed by atoms with Gasteiger partial charge in [0.05, 0.1) is 0 Å². The zero-order chi connectivity index (χ0) is 25.0. The monoisotopic (exact) mass is 486 g/mol. The van der Waals surface area contributed by atoms with Gasteiger partial charge in [0.2, 0.25) is 0 Å². The standard InChI is InChI=1S/C36H54/c1-3-5-7-8-9-10-12-30-15-19-32(20-16-30)34-23-27-36(28-24-34)35-25-21-33(22-26-35)31-17-13-29(14-18-31)11-6-4-2/h21-32H,3-20H2,1-2H3/t29-,30-,31-,32-. The van der Waals surface area contributed by atoms with Gasteiger partial charge in [-0.1, -0.05) is 127 Å². The Balaban J connectivity index is 1.20. The molecule has 0 atom stereocenters. The van der Waals surface area contributed by atoms with Crippen molar-refractivity contribution in [3.63, 3.8) is 0 Å². The van der Waals surface area contributed by atoms with Gasteiger partial charge in [-0.05, 0) is 97.3 Å². The minimum Gasteiger partial charge on any atom is -0.0654 e. The van der Waals surface area contributed by atoms with Crippen molar-refractivity contribution >= 4 is 0 Å². The molecule has 0 radical (unpaired) electrons. The van der Waals surface area contributed by atoms with Crippen molar-refractivity contribution in [1.29, 1.82) is 0 Å². The zero-order valence-electron chi connectivity index (χ0n) is 23.7. The Bertz CT molecular complexity index is 829. The number of hydrogen-bond donors (Lipinski definition) is 0. The van der Waals surface area contributed by atoms with Crippen LogP contribution in [0.2, 0.25) is 0 Å². The number of benzene rings is 2. The summed E-state index contributed by atoms with van der Waals surface area (Å²) in [6.07, 6.45) is 25.7. The molecule has 0 spiro atoms. The molecule has 2 aliphatic carbocycles. The first-order valence-corrected chi connectivity index (χ1v) is 16.0. The van der Waals surface area contributed by atoms with Crippen LogP contribution in [0.15, 0.2) is 48.5 Å². The van der Waals surface area contributed by atoms with Gasteiger partial charge in [0.25, 0.3) is 0 Å². The molecule has 0 aliphatic heterocycles. The highest BCUT2D eigenvalue weighted by molar-refractivity contribution is 5.64. The van der Waals surface area contributed by atoms with Crippen LogP contribution < -0.4 is 0 Å². The predicted octanol–water partition coefficient (Wildman–Crippen LogP) is 11.8. The fourth-order valence-corrected chi connectivity index (χ4v) is 7.17. The molecule has 2 saturated carbocycles. The van der Waals surface area contributed by atoms with Crippen molar-refractivity contribution in [2.75, 3.05) is 0 Å². The van der Waals surface area contributed by atoms with Crippen LogP contribution in [0.5, 0.6) is 0 Å². The van der Waals surface area contributed by atoms with E-state index in [1.54, 1.807) is 11.1 Å². The first-order chi connectivity index (χ1) is 17.8. The second-order valence-electron chi connectivity index (χ2n) is 12.4. The van der Waals surface area contributed by atoms with E-state index in [4.69, 9.17) is 0 Å². The van der Waals surface area contributed by atoms with Crippen molar-refractivity contribution in [2.24, 2.45) is 11.8 Å². The summed E-state index contributed by atoms with van der Waals surface area (Å²) in [4.78, 5) is 0. The third-order valence-corrected chi connectivity index (χ3v) is 9.72. The van der Waals surface area contributed by atoms with Gasteiger partial charge in [0.1, 0.15) is 0 Å². The van der Waals surface area contributed by atoms with Crippen LogP contribution in [0.1, 0.15) is 152 Å². The third kappa shape index (κ3) is 8.22. The molecule has 2 aromatic carbocycles. The molecule has 4 rings (SSSR count). The van der Waals surface area contributed by atoms with Crippen LogP contribution in [0, 0.1) is 11.8 Å². The van der Waals surface area contributed by atoms with Crippen molar-refractivity contribution in [3.8, 4) is 11.1 Å². The molecule has 0 unspecified atom stereocenters. The molecule has 0 heterocycles. The van der Waals surface area contributed by atoms with Crippen LogP contribution in [0.4, 0.5) is 0 Å². The van der Waals surface area contributed by atoms with Crippen LogP contribution in [-0.4, -0.2) is 0 Å². The molecule has 2 aromatic rings. The molecule has 2 aliphatic rings. The summed E-state index contributed by atoms with van der Waals surface area (Å²) in [6, 6.07) is 19.2. The number of hydrogen-bond acceptors (Lipinski definition) is 0. The van der Waals surface area contributed by atoms with E-state index in [1.807, 2.05) is 0 Å². The highest BCUT2D eigenvalue weighted by atomic mass is 14.3. The van der Waals surface area contributed by atoms with Gasteiger partial charge in [-0.2, -0.15) is 0 Å². The van der Waals surface area contributed by atoms with Gasteiger partial charge in [-0.25, -0.2) is 0 Å². The minimum absolute atomic E-state index is 0.787. The summed E-state index contributed by atoms with van der Waals surface area (Å²) in [6.45, 7) is 4.63. The van der Waals surface area contributed by atoms with E-state index in [-0.39, 0.29) is 0 Å². The second-order valence-corrected chi connectivity index (χ2v) is 12.4. The van der Waals surface area contributed by atoms with E-state index < -0.39 is 0 Å². The fraction of sp³-hybridized carbons (Fsp3) is 0.667. The maximum atomic E-state index is 2.43. The molecule has 0 bridgehead atoms. The molecule has 0 N–H and O–H groups in total. The predicted molar refractivity (Wildman–Crippen MR) is 159 cm³/mol. The van der Waals surface area contributed by atoms with E-state index in [0.717, 1.165) is 23.7 Å². The summed E-state index contributed by atoms with van der Waals surface area (Å²) in [7, 11) is 0. The molecule has 0 saturated heterocycles. The summed E-state index contributed by atoms with van der Waals surface area (Å²) >= 11 is 0. The molecule has 0 nitrogen and oxygen atoms in total. The molecule has 198 valence electrons. The Labute approximate surface area is 223 Å². The Morgan fingerprint density at radius 2 is 0.833 bits per heavy atom. The quantitative estimate of drug-likeness (QED) is 0.247. The summed E-state index contributed by atoms with van der Waals surface area (Å²) in [5.41, 5.74) is 5.91. The Morgan fingerprint density at radius 3 is 1.28 bits per heavy atom. The van der Waals surface area contributed by atoms with Gasteiger partial charge in [0, 0.05) is 0 Å². The molecular weight excluding hydrogens is 432 g/mol. The molecule has 0 aromatic heterocycles. The lowest BCUT2D eigenvalue weighted by molar-refractivity contribution is 0.302. The normalized spacial score (nSPS) is 24.6. The third-order valence-electron chi connectivity index (χ3n) is 9.72. The van der Waals surface area contributed by atoms with Crippen molar-refractivity contribution in [3.05, 3.63) is 59.7 Å². The minimum atomic E-state index is 0.787. The van der Waals surface area contributed by atoms with Crippen molar-refractivity contribution in [2.45, 2.75) is 141 Å². The lowest BCUT2D eigenvalue weighted by atomic mass is 9.76. The highest BCUT2D eigenvalue weighted by Crippen LogP contribution is 2.40. The van der Waals surface area contributed by atoms with Crippen molar-refractivity contribution in [1.82, 2.24) is 0 Å². The molecule has 0 heteroatoms. The van der Waals surface area contributed by atoms with Crippen molar-refractivity contribution < 1.29 is 0 Å². The smallest absolute Gasteiger partial charge is 0.0162 e. The van der Waals surface area contributed by atoms with E-state index in [0.29, 0.717) is 0 Å². The van der Waals surface area contributed by atoms with E-state index in [1.165, 1.54) is 127 Å². The van der Waals surface area contributed by atoms with Crippen LogP contribution in [0.3, 0.4) is 0 Å². The van der Waals surface area contributed by atoms with E-state index >= 15 is 0 Å². The van der Waals surface area contributed by atoms with Gasteiger partial charge >= 0.3 is 0 Å².